The lowest BCUT2D eigenvalue weighted by Gasteiger charge is -2.39. The second-order valence-electron chi connectivity index (χ2n) is 8.67. The molecule has 0 aliphatic carbocycles. The molecular weight excluding hydrogens is 608 g/mol. The minimum absolute atomic E-state index is 0.494. The molecule has 4 atom stereocenters. The Kier molecular flexibility index (Phi) is 15.5. The Morgan fingerprint density at radius 2 is 0.929 bits per heavy atom. The highest BCUT2D eigenvalue weighted by molar-refractivity contribution is 7.80. The van der Waals surface area contributed by atoms with Gasteiger partial charge in [0.15, 0.2) is 11.1 Å². The van der Waals surface area contributed by atoms with Crippen molar-refractivity contribution < 1.29 is 63.6 Å². The number of carboxylic acid groups (broad SMARTS) is 4. The van der Waals surface area contributed by atoms with Gasteiger partial charge in [-0.25, -0.2) is 0 Å². The van der Waals surface area contributed by atoms with Gasteiger partial charge in [0, 0.05) is 24.3 Å². The summed E-state index contributed by atoms with van der Waals surface area (Å²) in [5.74, 6) is -15.2. The van der Waals surface area contributed by atoms with Gasteiger partial charge in [0.1, 0.15) is 25.2 Å². The van der Waals surface area contributed by atoms with Crippen LogP contribution in [0.25, 0.3) is 0 Å². The molecule has 0 fully saturated rings. The van der Waals surface area contributed by atoms with Gasteiger partial charge in [-0.2, -0.15) is 25.3 Å². The van der Waals surface area contributed by atoms with Crippen LogP contribution in [-0.4, -0.2) is 121 Å². The second kappa shape index (κ2) is 17.1. The molecule has 0 aromatic carbocycles. The number of carbonyl (C=O) groups is 9. The second-order valence-corrected chi connectivity index (χ2v) is 9.30. The summed E-state index contributed by atoms with van der Waals surface area (Å²) in [4.78, 5) is 110. The zero-order valence-electron chi connectivity index (χ0n) is 21.8. The van der Waals surface area contributed by atoms with Crippen molar-refractivity contribution in [3.63, 3.8) is 0 Å². The van der Waals surface area contributed by atoms with Gasteiger partial charge in [-0.3, -0.25) is 43.2 Å². The first kappa shape index (κ1) is 38.0. The molecule has 0 saturated carbocycles. The van der Waals surface area contributed by atoms with Gasteiger partial charge in [0.05, 0.1) is 0 Å². The van der Waals surface area contributed by atoms with Crippen LogP contribution in [-0.2, 0) is 43.2 Å². The van der Waals surface area contributed by atoms with Crippen molar-refractivity contribution >= 4 is 78.5 Å². The van der Waals surface area contributed by atoms with Crippen molar-refractivity contribution in [2.24, 2.45) is 11.5 Å². The van der Waals surface area contributed by atoms with Gasteiger partial charge in [0.2, 0.25) is 17.6 Å². The number of aliphatic carboxylic acids is 4. The van der Waals surface area contributed by atoms with Crippen LogP contribution in [0.15, 0.2) is 0 Å². The highest BCUT2D eigenvalue weighted by Crippen LogP contribution is 2.23. The van der Waals surface area contributed by atoms with Gasteiger partial charge in [-0.15, -0.1) is 0 Å². The molecule has 236 valence electrons. The molecule has 0 radical (unpaired) electrons. The number of hydrogen-bond donors (Lipinski definition) is 12. The number of thiol groups is 2. The summed E-state index contributed by atoms with van der Waals surface area (Å²) in [6.07, 6.45) is -2.37. The lowest BCUT2D eigenvalue weighted by atomic mass is 9.80. The van der Waals surface area contributed by atoms with Crippen LogP contribution >= 0.6 is 25.3 Å². The Balaban J connectivity index is 6.83. The number of nitrogens with one attached hydrogen (secondary N) is 4. The van der Waals surface area contributed by atoms with Crippen molar-refractivity contribution in [3.8, 4) is 0 Å². The van der Waals surface area contributed by atoms with E-state index in [0.29, 0.717) is 0 Å². The standard InChI is InChI=1S/C21H32N6O13S2/c22-9(15(34)35)1-3-11(28)26-20(7-41,18(39)24-5-13(30)31)17(38)21(8-42,19(40)25-6-14(32)33)27-12(29)4-2-10(23)16(36)37/h9-10,41-42H,1-8,22-23H2,(H,24,39)(H,25,40)(H,26,28)(H,27,29)(H,30,31)(H,32,33)(H,34,35)(H,36,37)/t9-,10-,20-,21-/m0/s1. The maximum absolute atomic E-state index is 14.1. The van der Waals surface area contributed by atoms with Crippen LogP contribution < -0.4 is 32.7 Å². The van der Waals surface area contributed by atoms with Crippen LogP contribution in [0.1, 0.15) is 25.7 Å². The molecule has 0 rings (SSSR count). The van der Waals surface area contributed by atoms with E-state index in [1.807, 2.05) is 21.3 Å². The molecule has 21 heteroatoms. The molecule has 12 N–H and O–H groups in total. The fourth-order valence-corrected chi connectivity index (χ4v) is 3.93. The monoisotopic (exact) mass is 640 g/mol. The summed E-state index contributed by atoms with van der Waals surface area (Å²) in [6, 6.07) is -3.07. The molecule has 0 aliphatic heterocycles. The van der Waals surface area contributed by atoms with E-state index in [1.165, 1.54) is 0 Å². The first-order valence-electron chi connectivity index (χ1n) is 11.8. The van der Waals surface area contributed by atoms with Gasteiger partial charge in [0.25, 0.3) is 11.8 Å². The van der Waals surface area contributed by atoms with Crippen molar-refractivity contribution in [2.75, 3.05) is 24.6 Å². The molecule has 4 amide bonds. The van der Waals surface area contributed by atoms with Crippen molar-refractivity contribution in [2.45, 2.75) is 48.8 Å². The molecule has 0 aliphatic rings. The quantitative estimate of drug-likeness (QED) is 0.0437. The lowest BCUT2D eigenvalue weighted by Crippen LogP contribution is -2.77. The summed E-state index contributed by atoms with van der Waals surface area (Å²) < 4.78 is 0. The molecule has 0 bridgehead atoms. The fourth-order valence-electron chi connectivity index (χ4n) is 3.20. The predicted molar refractivity (Wildman–Crippen MR) is 145 cm³/mol. The average Bonchev–Trinajstić information content (AvgIpc) is 2.92. The third-order valence-electron chi connectivity index (χ3n) is 5.53. The maximum atomic E-state index is 14.1. The summed E-state index contributed by atoms with van der Waals surface area (Å²) in [7, 11) is 0. The summed E-state index contributed by atoms with van der Waals surface area (Å²) in [5, 5.41) is 43.5. The van der Waals surface area contributed by atoms with E-state index < -0.39 is 127 Å². The molecular formula is C21H32N6O13S2. The number of nitrogens with two attached hydrogens (primary N) is 2. The van der Waals surface area contributed by atoms with Crippen molar-refractivity contribution in [1.82, 2.24) is 21.3 Å². The van der Waals surface area contributed by atoms with Crippen LogP contribution in [0.3, 0.4) is 0 Å². The van der Waals surface area contributed by atoms with E-state index in [2.05, 4.69) is 25.3 Å². The van der Waals surface area contributed by atoms with E-state index in [-0.39, 0.29) is 0 Å². The number of carbonyl (C=O) groups excluding carboxylic acids is 5. The third kappa shape index (κ3) is 10.8. The Bertz CT molecular complexity index is 1020. The average molecular weight is 641 g/mol. The maximum Gasteiger partial charge on any atom is 0.322 e. The fraction of sp³-hybridized carbons (Fsp3) is 0.571. The summed E-state index contributed by atoms with van der Waals surface area (Å²) in [6.45, 7) is -2.19. The lowest BCUT2D eigenvalue weighted by molar-refractivity contribution is -0.151. The van der Waals surface area contributed by atoms with E-state index in [9.17, 15) is 43.2 Å². The Hall–Kier alpha value is -3.95. The molecule has 0 aromatic heterocycles. The number of ketones is 1. The zero-order chi connectivity index (χ0) is 32.8. The van der Waals surface area contributed by atoms with Crippen molar-refractivity contribution in [1.29, 1.82) is 0 Å². The molecule has 19 nitrogen and oxygen atoms in total. The topological polar surface area (TPSA) is 335 Å². The van der Waals surface area contributed by atoms with Gasteiger partial charge in [-0.1, -0.05) is 0 Å². The van der Waals surface area contributed by atoms with Crippen LogP contribution in [0, 0.1) is 0 Å². The number of hydrogen-bond acceptors (Lipinski definition) is 13. The van der Waals surface area contributed by atoms with Crippen LogP contribution in [0.4, 0.5) is 0 Å². The minimum Gasteiger partial charge on any atom is -0.480 e. The normalized spacial score (nSPS) is 15.0. The Morgan fingerprint density at radius 1 is 0.619 bits per heavy atom. The van der Waals surface area contributed by atoms with E-state index >= 15 is 0 Å². The number of carboxylic acids is 4. The van der Waals surface area contributed by atoms with E-state index in [0.717, 1.165) is 0 Å². The van der Waals surface area contributed by atoms with Gasteiger partial charge >= 0.3 is 23.9 Å². The highest BCUT2D eigenvalue weighted by Gasteiger charge is 2.59. The number of rotatable bonds is 20. The minimum atomic E-state index is -2.95. The smallest absolute Gasteiger partial charge is 0.322 e. The van der Waals surface area contributed by atoms with Gasteiger partial charge < -0.3 is 53.2 Å². The van der Waals surface area contributed by atoms with Gasteiger partial charge in [-0.05, 0) is 12.8 Å². The zero-order valence-corrected chi connectivity index (χ0v) is 23.6. The van der Waals surface area contributed by atoms with Crippen LogP contribution in [0.5, 0.6) is 0 Å². The third-order valence-corrected chi connectivity index (χ3v) is 6.48. The molecule has 0 heterocycles. The first-order chi connectivity index (χ1) is 19.4. The highest BCUT2D eigenvalue weighted by atomic mass is 32.1. The largest absolute Gasteiger partial charge is 0.480 e. The van der Waals surface area contributed by atoms with Crippen molar-refractivity contribution in [3.05, 3.63) is 0 Å². The molecule has 0 saturated heterocycles. The number of Topliss-reactive ketones (excluding diaryl/α,β-unsaturated/α-hetero) is 1. The molecule has 0 unspecified atom stereocenters. The van der Waals surface area contributed by atoms with Crippen LogP contribution in [0.2, 0.25) is 0 Å². The molecule has 42 heavy (non-hydrogen) atoms. The van der Waals surface area contributed by atoms with E-state index in [4.69, 9.17) is 31.9 Å². The first-order valence-corrected chi connectivity index (χ1v) is 13.0. The summed E-state index contributed by atoms with van der Waals surface area (Å²) >= 11 is 7.88. The number of amides is 4. The summed E-state index contributed by atoms with van der Waals surface area (Å²) in [5.41, 5.74) is 4.83. The Labute approximate surface area is 248 Å². The van der Waals surface area contributed by atoms with E-state index in [1.54, 1.807) is 0 Å². The molecule has 0 spiro atoms. The SMILES string of the molecule is N[C@@H](CCC(=O)N[C@](CS)(C(=O)NCC(=O)O)C(=O)[C@](CS)(NC(=O)CC[C@H](N)C(=O)O)C(=O)NCC(=O)O)C(=O)O. The predicted octanol–water partition coefficient (Wildman–Crippen LogP) is -5.09. The molecule has 0 aromatic rings. The Morgan fingerprint density at radius 3 is 1.17 bits per heavy atom.